The fourth-order valence-electron chi connectivity index (χ4n) is 3.29. The van der Waals surface area contributed by atoms with Gasteiger partial charge >= 0.3 is 0 Å². The first kappa shape index (κ1) is 15.8. The summed E-state index contributed by atoms with van der Waals surface area (Å²) in [4.78, 5) is 0. The van der Waals surface area contributed by atoms with E-state index in [1.165, 1.54) is 0 Å². The van der Waals surface area contributed by atoms with Crippen molar-refractivity contribution >= 4 is 16.7 Å². The zero-order valence-electron chi connectivity index (χ0n) is 13.9. The molecule has 0 atom stereocenters. The van der Waals surface area contributed by atoms with Crippen molar-refractivity contribution in [3.63, 3.8) is 0 Å². The van der Waals surface area contributed by atoms with E-state index in [1.54, 1.807) is 12.1 Å². The number of para-hydroxylation sites is 1. The molecule has 128 valence electrons. The molecule has 0 saturated carbocycles. The van der Waals surface area contributed by atoms with E-state index in [-0.39, 0.29) is 11.6 Å². The molecule has 4 rings (SSSR count). The van der Waals surface area contributed by atoms with Crippen LogP contribution < -0.4 is 5.73 Å². The summed E-state index contributed by atoms with van der Waals surface area (Å²) in [6, 6.07) is 24.6. The van der Waals surface area contributed by atoms with Gasteiger partial charge < -0.3 is 20.6 Å². The Balaban J connectivity index is 2.17. The van der Waals surface area contributed by atoms with Gasteiger partial charge in [0.25, 0.3) is 0 Å². The predicted molar refractivity (Wildman–Crippen MR) is 103 cm³/mol. The third kappa shape index (κ3) is 2.46. The van der Waals surface area contributed by atoms with E-state index in [2.05, 4.69) is 9.72 Å². The Morgan fingerprint density at radius 2 is 1.50 bits per heavy atom. The fourth-order valence-corrected chi connectivity index (χ4v) is 3.29. The molecule has 0 aliphatic carbocycles. The van der Waals surface area contributed by atoms with Crippen LogP contribution in [0.2, 0.25) is 0 Å². The van der Waals surface area contributed by atoms with Crippen molar-refractivity contribution in [3.05, 3.63) is 84.4 Å². The Hall–Kier alpha value is -3.73. The molecule has 0 aliphatic rings. The van der Waals surface area contributed by atoms with Crippen LogP contribution in [0.1, 0.15) is 5.56 Å². The van der Waals surface area contributed by atoms with Crippen molar-refractivity contribution in [1.29, 1.82) is 0 Å². The summed E-state index contributed by atoms with van der Waals surface area (Å²) in [5, 5.41) is 23.2. The van der Waals surface area contributed by atoms with E-state index >= 15 is 0 Å². The minimum atomic E-state index is 0.0533. The number of fused-ring (bicyclic) bond motifs is 1. The highest BCUT2D eigenvalue weighted by Gasteiger charge is 2.22. The lowest BCUT2D eigenvalue weighted by Gasteiger charge is -2.13. The van der Waals surface area contributed by atoms with Crippen molar-refractivity contribution in [2.45, 2.75) is 0 Å². The normalized spacial score (nSPS) is 11.8. The zero-order chi connectivity index (χ0) is 18.1. The third-order valence-corrected chi connectivity index (χ3v) is 4.39. The summed E-state index contributed by atoms with van der Waals surface area (Å²) in [5.74, 6) is 0.251. The molecule has 1 heterocycles. The zero-order valence-corrected chi connectivity index (χ0v) is 13.9. The molecule has 0 aliphatic heterocycles. The molecule has 0 unspecified atom stereocenters. The molecule has 5 heteroatoms. The highest BCUT2D eigenvalue weighted by molar-refractivity contribution is 6.14. The van der Waals surface area contributed by atoms with Gasteiger partial charge in [-0.2, -0.15) is 0 Å². The van der Waals surface area contributed by atoms with Crippen molar-refractivity contribution in [3.8, 4) is 22.7 Å². The summed E-state index contributed by atoms with van der Waals surface area (Å²) in [7, 11) is 0. The molecule has 3 aromatic carbocycles. The van der Waals surface area contributed by atoms with Gasteiger partial charge in [-0.15, -0.1) is 0 Å². The molecular formula is C21H17N3O2. The minimum absolute atomic E-state index is 0.0533. The van der Waals surface area contributed by atoms with Gasteiger partial charge in [0.2, 0.25) is 0 Å². The Labute approximate surface area is 150 Å². The van der Waals surface area contributed by atoms with Gasteiger partial charge in [-0.25, -0.2) is 0 Å². The van der Waals surface area contributed by atoms with Gasteiger partial charge in [0.05, 0.1) is 16.8 Å². The SMILES string of the molecule is NC(=NO)c1c(-c2ccccc2)n(-c2ccc(O)cc2)c2ccccc12. The minimum Gasteiger partial charge on any atom is -0.508 e. The number of nitrogens with two attached hydrogens (primary N) is 1. The number of aromatic nitrogens is 1. The summed E-state index contributed by atoms with van der Waals surface area (Å²) in [6.07, 6.45) is 0. The van der Waals surface area contributed by atoms with Crippen LogP contribution in [0.25, 0.3) is 27.8 Å². The number of hydrogen-bond donors (Lipinski definition) is 3. The van der Waals surface area contributed by atoms with E-state index in [4.69, 9.17) is 5.73 Å². The van der Waals surface area contributed by atoms with Crippen molar-refractivity contribution in [2.24, 2.45) is 10.9 Å². The molecule has 5 nitrogen and oxygen atoms in total. The Kier molecular flexibility index (Phi) is 3.82. The molecule has 0 bridgehead atoms. The van der Waals surface area contributed by atoms with Crippen molar-refractivity contribution in [1.82, 2.24) is 4.57 Å². The van der Waals surface area contributed by atoms with Crippen LogP contribution in [0, 0.1) is 0 Å². The van der Waals surface area contributed by atoms with E-state index in [0.717, 1.165) is 27.8 Å². The van der Waals surface area contributed by atoms with Crippen molar-refractivity contribution in [2.75, 3.05) is 0 Å². The summed E-state index contributed by atoms with van der Waals surface area (Å²) < 4.78 is 2.05. The average Bonchev–Trinajstić information content (AvgIpc) is 3.04. The molecule has 0 amide bonds. The molecule has 4 N–H and O–H groups in total. The first-order chi connectivity index (χ1) is 12.7. The third-order valence-electron chi connectivity index (χ3n) is 4.39. The highest BCUT2D eigenvalue weighted by Crippen LogP contribution is 2.36. The van der Waals surface area contributed by atoms with E-state index in [1.807, 2.05) is 66.7 Å². The maximum Gasteiger partial charge on any atom is 0.172 e. The standard InChI is InChI=1S/C21H17N3O2/c22-21(23-26)19-17-8-4-5-9-18(17)24(15-10-12-16(25)13-11-15)20(19)14-6-2-1-3-7-14/h1-13,25-26H,(H2,22,23). The number of phenols is 1. The highest BCUT2D eigenvalue weighted by atomic mass is 16.4. The van der Waals surface area contributed by atoms with Gasteiger partial charge in [-0.1, -0.05) is 53.7 Å². The predicted octanol–water partition coefficient (Wildman–Crippen LogP) is 4.10. The average molecular weight is 343 g/mol. The van der Waals surface area contributed by atoms with Crippen LogP contribution in [0.15, 0.2) is 84.0 Å². The smallest absolute Gasteiger partial charge is 0.172 e. The summed E-state index contributed by atoms with van der Waals surface area (Å²) >= 11 is 0. The Morgan fingerprint density at radius 3 is 2.19 bits per heavy atom. The lowest BCUT2D eigenvalue weighted by Crippen LogP contribution is -2.14. The maximum absolute atomic E-state index is 9.65. The number of benzene rings is 3. The first-order valence-corrected chi connectivity index (χ1v) is 8.17. The number of nitrogens with zero attached hydrogens (tertiary/aromatic N) is 2. The lowest BCUT2D eigenvalue weighted by atomic mass is 10.0. The summed E-state index contributed by atoms with van der Waals surface area (Å²) in [5.41, 5.74) is 10.3. The van der Waals surface area contributed by atoms with Gasteiger partial charge in [-0.3, -0.25) is 0 Å². The monoisotopic (exact) mass is 343 g/mol. The molecule has 0 spiro atoms. The second kappa shape index (κ2) is 6.29. The van der Waals surface area contributed by atoms with Crippen LogP contribution in [-0.4, -0.2) is 20.7 Å². The first-order valence-electron chi connectivity index (χ1n) is 8.17. The molecule has 0 saturated heterocycles. The number of phenolic OH excluding ortho intramolecular Hbond substituents is 1. The molecule has 0 radical (unpaired) electrons. The number of hydrogen-bond acceptors (Lipinski definition) is 3. The second-order valence-corrected chi connectivity index (χ2v) is 5.94. The molecule has 0 fully saturated rings. The fraction of sp³-hybridized carbons (Fsp3) is 0. The van der Waals surface area contributed by atoms with Gasteiger partial charge in [0, 0.05) is 11.1 Å². The molecule has 4 aromatic rings. The van der Waals surface area contributed by atoms with Crippen LogP contribution in [0.3, 0.4) is 0 Å². The largest absolute Gasteiger partial charge is 0.508 e. The van der Waals surface area contributed by atoms with E-state index < -0.39 is 0 Å². The topological polar surface area (TPSA) is 83.8 Å². The Morgan fingerprint density at radius 1 is 0.846 bits per heavy atom. The number of amidine groups is 1. The van der Waals surface area contributed by atoms with Gasteiger partial charge in [0.15, 0.2) is 5.84 Å². The summed E-state index contributed by atoms with van der Waals surface area (Å²) in [6.45, 7) is 0. The van der Waals surface area contributed by atoms with Crippen LogP contribution in [0.4, 0.5) is 0 Å². The van der Waals surface area contributed by atoms with Crippen molar-refractivity contribution < 1.29 is 10.3 Å². The van der Waals surface area contributed by atoms with E-state index in [0.29, 0.717) is 5.56 Å². The van der Waals surface area contributed by atoms with Crippen LogP contribution in [-0.2, 0) is 0 Å². The number of oxime groups is 1. The molecule has 1 aromatic heterocycles. The van der Waals surface area contributed by atoms with Gasteiger partial charge in [0.1, 0.15) is 5.75 Å². The number of rotatable bonds is 3. The quantitative estimate of drug-likeness (QED) is 0.227. The van der Waals surface area contributed by atoms with E-state index in [9.17, 15) is 10.3 Å². The molecular weight excluding hydrogens is 326 g/mol. The van der Waals surface area contributed by atoms with Gasteiger partial charge in [-0.05, 0) is 35.9 Å². The van der Waals surface area contributed by atoms with Crippen LogP contribution >= 0.6 is 0 Å². The Bertz CT molecular complexity index is 1100. The maximum atomic E-state index is 9.65. The van der Waals surface area contributed by atoms with Crippen LogP contribution in [0.5, 0.6) is 5.75 Å². The second-order valence-electron chi connectivity index (χ2n) is 5.94. The lowest BCUT2D eigenvalue weighted by molar-refractivity contribution is 0.318. The number of aromatic hydroxyl groups is 1. The molecule has 26 heavy (non-hydrogen) atoms.